The van der Waals surface area contributed by atoms with Crippen molar-refractivity contribution >= 4 is 24.0 Å². The molecular formula is C19H23N3S2. The van der Waals surface area contributed by atoms with Gasteiger partial charge in [-0.25, -0.2) is 4.98 Å². The first kappa shape index (κ1) is 16.3. The Balaban J connectivity index is 1.53. The Labute approximate surface area is 152 Å². The van der Waals surface area contributed by atoms with Crippen LogP contribution in [0, 0.1) is 4.64 Å². The maximum Gasteiger partial charge on any atom is 0.134 e. The first-order valence-corrected chi connectivity index (χ1v) is 10.2. The molecule has 0 saturated carbocycles. The third kappa shape index (κ3) is 3.58. The monoisotopic (exact) mass is 357 g/mol. The van der Waals surface area contributed by atoms with Crippen molar-refractivity contribution in [3.63, 3.8) is 0 Å². The van der Waals surface area contributed by atoms with E-state index in [1.54, 1.807) is 0 Å². The molecule has 0 bridgehead atoms. The van der Waals surface area contributed by atoms with Crippen LogP contribution in [0.3, 0.4) is 0 Å². The van der Waals surface area contributed by atoms with Gasteiger partial charge in [0.15, 0.2) is 0 Å². The van der Waals surface area contributed by atoms with E-state index < -0.39 is 0 Å². The molecule has 1 N–H and O–H groups in total. The summed E-state index contributed by atoms with van der Waals surface area (Å²) >= 11 is 7.67. The van der Waals surface area contributed by atoms with Gasteiger partial charge in [-0.1, -0.05) is 49.0 Å². The molecule has 24 heavy (non-hydrogen) atoms. The van der Waals surface area contributed by atoms with Crippen LogP contribution in [0.2, 0.25) is 0 Å². The highest BCUT2D eigenvalue weighted by Crippen LogP contribution is 2.37. The molecule has 1 saturated heterocycles. The van der Waals surface area contributed by atoms with Gasteiger partial charge in [-0.05, 0) is 24.2 Å². The van der Waals surface area contributed by atoms with Gasteiger partial charge in [0.2, 0.25) is 0 Å². The average Bonchev–Trinajstić information content (AvgIpc) is 2.64. The van der Waals surface area contributed by atoms with E-state index in [0.717, 1.165) is 36.5 Å². The number of nitrogens with zero attached hydrogens (tertiary/aromatic N) is 2. The summed E-state index contributed by atoms with van der Waals surface area (Å²) < 4.78 is 0.808. The molecule has 1 fully saturated rings. The first-order valence-electron chi connectivity index (χ1n) is 8.79. The minimum absolute atomic E-state index is 0.507. The van der Waals surface area contributed by atoms with Gasteiger partial charge < -0.3 is 4.98 Å². The van der Waals surface area contributed by atoms with Gasteiger partial charge in [-0.15, -0.1) is 0 Å². The van der Waals surface area contributed by atoms with Crippen LogP contribution in [0.1, 0.15) is 47.2 Å². The fourth-order valence-electron chi connectivity index (χ4n) is 3.60. The Kier molecular flexibility index (Phi) is 5.01. The summed E-state index contributed by atoms with van der Waals surface area (Å²) in [6, 6.07) is 10.7. The maximum absolute atomic E-state index is 5.65. The van der Waals surface area contributed by atoms with E-state index in [2.05, 4.69) is 40.2 Å². The minimum atomic E-state index is 0.507. The molecule has 1 aromatic heterocycles. The number of aromatic amines is 1. The van der Waals surface area contributed by atoms with Crippen molar-refractivity contribution in [2.24, 2.45) is 0 Å². The molecule has 5 heteroatoms. The first-order chi connectivity index (χ1) is 11.8. The zero-order chi connectivity index (χ0) is 16.4. The second-order valence-electron chi connectivity index (χ2n) is 6.69. The number of H-pyrrole nitrogens is 1. The number of rotatable bonds is 3. The zero-order valence-electron chi connectivity index (χ0n) is 13.8. The summed E-state index contributed by atoms with van der Waals surface area (Å²) in [4.78, 5) is 10.9. The van der Waals surface area contributed by atoms with Crippen LogP contribution in [-0.4, -0.2) is 27.2 Å². The van der Waals surface area contributed by atoms with Gasteiger partial charge >= 0.3 is 0 Å². The summed E-state index contributed by atoms with van der Waals surface area (Å²) in [5.41, 5.74) is 3.91. The van der Waals surface area contributed by atoms with Crippen LogP contribution in [0.4, 0.5) is 0 Å². The van der Waals surface area contributed by atoms with Crippen LogP contribution in [0.25, 0.3) is 0 Å². The molecule has 1 aromatic carbocycles. The SMILES string of the molecule is S=c1nc(C2CCCCS2)[nH]c2c1CN(Cc1ccccc1)CC2. The lowest BCUT2D eigenvalue weighted by molar-refractivity contribution is 0.242. The molecule has 2 aliphatic heterocycles. The fourth-order valence-corrected chi connectivity index (χ4v) is 5.14. The number of aromatic nitrogens is 2. The van der Waals surface area contributed by atoms with Crippen molar-refractivity contribution in [3.05, 3.63) is 57.6 Å². The zero-order valence-corrected chi connectivity index (χ0v) is 15.5. The quantitative estimate of drug-likeness (QED) is 0.810. The Morgan fingerprint density at radius 2 is 2.12 bits per heavy atom. The van der Waals surface area contributed by atoms with Crippen LogP contribution < -0.4 is 0 Å². The number of hydrogen-bond donors (Lipinski definition) is 1. The second-order valence-corrected chi connectivity index (χ2v) is 8.38. The van der Waals surface area contributed by atoms with Crippen molar-refractivity contribution in [1.29, 1.82) is 0 Å². The third-order valence-corrected chi connectivity index (χ3v) is 6.64. The Hall–Kier alpha value is -1.17. The van der Waals surface area contributed by atoms with Gasteiger partial charge in [0.25, 0.3) is 0 Å². The van der Waals surface area contributed by atoms with Crippen molar-refractivity contribution < 1.29 is 0 Å². The van der Waals surface area contributed by atoms with Crippen molar-refractivity contribution in [2.45, 2.75) is 44.0 Å². The van der Waals surface area contributed by atoms with Crippen molar-refractivity contribution in [1.82, 2.24) is 14.9 Å². The minimum Gasteiger partial charge on any atom is -0.346 e. The van der Waals surface area contributed by atoms with Crippen molar-refractivity contribution in [3.8, 4) is 0 Å². The third-order valence-electron chi connectivity index (χ3n) is 4.92. The van der Waals surface area contributed by atoms with Gasteiger partial charge in [-0.3, -0.25) is 4.90 Å². The molecule has 126 valence electrons. The lowest BCUT2D eigenvalue weighted by Crippen LogP contribution is -2.31. The molecule has 0 aliphatic carbocycles. The normalized spacial score (nSPS) is 21.4. The molecule has 4 rings (SSSR count). The molecule has 2 aromatic rings. The maximum atomic E-state index is 5.65. The van der Waals surface area contributed by atoms with E-state index in [1.807, 2.05) is 11.8 Å². The summed E-state index contributed by atoms with van der Waals surface area (Å²) in [6.07, 6.45) is 4.91. The van der Waals surface area contributed by atoms with Gasteiger partial charge in [0.1, 0.15) is 10.5 Å². The summed E-state index contributed by atoms with van der Waals surface area (Å²) in [5.74, 6) is 2.36. The molecule has 1 atom stereocenters. The average molecular weight is 358 g/mol. The smallest absolute Gasteiger partial charge is 0.134 e. The predicted molar refractivity (Wildman–Crippen MR) is 103 cm³/mol. The molecule has 1 unspecified atom stereocenters. The van der Waals surface area contributed by atoms with Crippen LogP contribution in [0.15, 0.2) is 30.3 Å². The number of hydrogen-bond acceptors (Lipinski definition) is 4. The summed E-state index contributed by atoms with van der Waals surface area (Å²) in [7, 11) is 0. The largest absolute Gasteiger partial charge is 0.346 e. The standard InChI is InChI=1S/C19H23N3S2/c23-19-15-13-22(12-14-6-2-1-3-7-14)10-9-16(15)20-18(21-19)17-8-4-5-11-24-17/h1-3,6-7,17H,4-5,8-13H2,(H,20,21,23). The Bertz CT molecular complexity index is 751. The van der Waals surface area contributed by atoms with Gasteiger partial charge in [-0.2, -0.15) is 11.8 Å². The van der Waals surface area contributed by atoms with Crippen LogP contribution in [0.5, 0.6) is 0 Å². The summed E-state index contributed by atoms with van der Waals surface area (Å²) in [5, 5.41) is 0.507. The second kappa shape index (κ2) is 7.38. The number of fused-ring (bicyclic) bond motifs is 1. The fraction of sp³-hybridized carbons (Fsp3) is 0.474. The highest BCUT2D eigenvalue weighted by Gasteiger charge is 2.23. The lowest BCUT2D eigenvalue weighted by Gasteiger charge is -2.29. The molecule has 3 heterocycles. The summed E-state index contributed by atoms with van der Waals surface area (Å²) in [6.45, 7) is 2.97. The van der Waals surface area contributed by atoms with E-state index >= 15 is 0 Å². The molecule has 3 nitrogen and oxygen atoms in total. The topological polar surface area (TPSA) is 31.9 Å². The van der Waals surface area contributed by atoms with E-state index in [9.17, 15) is 0 Å². The van der Waals surface area contributed by atoms with E-state index in [0.29, 0.717) is 5.25 Å². The van der Waals surface area contributed by atoms with Gasteiger partial charge in [0.05, 0.1) is 5.25 Å². The Morgan fingerprint density at radius 1 is 1.25 bits per heavy atom. The Morgan fingerprint density at radius 3 is 2.92 bits per heavy atom. The van der Waals surface area contributed by atoms with Crippen LogP contribution >= 0.6 is 24.0 Å². The van der Waals surface area contributed by atoms with Crippen LogP contribution in [-0.2, 0) is 19.5 Å². The lowest BCUT2D eigenvalue weighted by atomic mass is 10.1. The molecule has 0 amide bonds. The van der Waals surface area contributed by atoms with Gasteiger partial charge in [0, 0.05) is 37.3 Å². The number of benzene rings is 1. The number of thioether (sulfide) groups is 1. The molecular weight excluding hydrogens is 334 g/mol. The van der Waals surface area contributed by atoms with Crippen molar-refractivity contribution in [2.75, 3.05) is 12.3 Å². The van der Waals surface area contributed by atoms with E-state index in [1.165, 1.54) is 41.8 Å². The number of nitrogens with one attached hydrogen (secondary N) is 1. The highest BCUT2D eigenvalue weighted by molar-refractivity contribution is 7.99. The molecule has 0 spiro atoms. The predicted octanol–water partition coefficient (Wildman–Crippen LogP) is 4.66. The highest BCUT2D eigenvalue weighted by atomic mass is 32.2. The van der Waals surface area contributed by atoms with E-state index in [-0.39, 0.29) is 0 Å². The molecule has 0 radical (unpaired) electrons. The van der Waals surface area contributed by atoms with E-state index in [4.69, 9.17) is 17.2 Å². The molecule has 2 aliphatic rings.